The molecule has 2 aromatic rings. The largest absolute Gasteiger partial charge is 0.454 e. The summed E-state index contributed by atoms with van der Waals surface area (Å²) in [5, 5.41) is 5.37. The summed E-state index contributed by atoms with van der Waals surface area (Å²) in [5.74, 6) is -0.0185. The Morgan fingerprint density at radius 2 is 2.04 bits per heavy atom. The van der Waals surface area contributed by atoms with Gasteiger partial charge in [-0.15, -0.1) is 0 Å². The highest BCUT2D eigenvalue weighted by Gasteiger charge is 2.26. The third kappa shape index (κ3) is 4.56. The molecule has 3 rings (SSSR count). The molecule has 0 bridgehead atoms. The summed E-state index contributed by atoms with van der Waals surface area (Å²) in [6.45, 7) is 0.379. The number of benzene rings is 2. The zero-order valence-electron chi connectivity index (χ0n) is 13.6. The average molecular weight is 342 g/mol. The number of carbonyl (C=O) groups excluding carboxylic acids is 2. The Morgan fingerprint density at radius 1 is 1.24 bits per heavy atom. The second kappa shape index (κ2) is 7.79. The lowest BCUT2D eigenvalue weighted by Gasteiger charge is -2.11. The first kappa shape index (κ1) is 17.0. The van der Waals surface area contributed by atoms with Crippen molar-refractivity contribution in [2.75, 3.05) is 6.54 Å². The zero-order chi connectivity index (χ0) is 17.6. The quantitative estimate of drug-likeness (QED) is 0.848. The van der Waals surface area contributed by atoms with Gasteiger partial charge in [0.25, 0.3) is 0 Å². The van der Waals surface area contributed by atoms with Crippen molar-refractivity contribution in [1.29, 1.82) is 0 Å². The van der Waals surface area contributed by atoms with Crippen LogP contribution in [-0.4, -0.2) is 24.4 Å². The number of halogens is 1. The number of rotatable bonds is 6. The maximum Gasteiger partial charge on any atom is 0.242 e. The Labute approximate surface area is 145 Å². The molecular formula is C19H19FN2O3. The van der Waals surface area contributed by atoms with Gasteiger partial charge in [0.2, 0.25) is 11.8 Å². The van der Waals surface area contributed by atoms with Crippen molar-refractivity contribution in [3.63, 3.8) is 0 Å². The van der Waals surface area contributed by atoms with Crippen molar-refractivity contribution in [3.8, 4) is 11.5 Å². The molecule has 0 aliphatic carbocycles. The van der Waals surface area contributed by atoms with E-state index in [0.717, 1.165) is 5.56 Å². The lowest BCUT2D eigenvalue weighted by atomic mass is 10.1. The van der Waals surface area contributed by atoms with Crippen LogP contribution in [0, 0.1) is 5.82 Å². The van der Waals surface area contributed by atoms with Gasteiger partial charge in [0.05, 0.1) is 0 Å². The van der Waals surface area contributed by atoms with Crippen molar-refractivity contribution in [3.05, 3.63) is 59.9 Å². The third-order valence-corrected chi connectivity index (χ3v) is 3.99. The summed E-state index contributed by atoms with van der Waals surface area (Å²) in [4.78, 5) is 23.0. The second-order valence-electron chi connectivity index (χ2n) is 5.88. The monoisotopic (exact) mass is 342 g/mol. The normalized spacial score (nSPS) is 16.4. The van der Waals surface area contributed by atoms with Crippen molar-refractivity contribution in [2.24, 2.45) is 0 Å². The molecule has 1 aliphatic rings. The van der Waals surface area contributed by atoms with E-state index in [1.807, 2.05) is 18.2 Å². The summed E-state index contributed by atoms with van der Waals surface area (Å²) in [6, 6.07) is 13.3. The maximum absolute atomic E-state index is 14.2. The highest BCUT2D eigenvalue weighted by Crippen LogP contribution is 2.25. The maximum atomic E-state index is 14.2. The van der Waals surface area contributed by atoms with Crippen LogP contribution in [-0.2, 0) is 16.0 Å². The summed E-state index contributed by atoms with van der Waals surface area (Å²) in [6.07, 6.45) is 1.39. The topological polar surface area (TPSA) is 67.4 Å². The molecule has 2 amide bonds. The van der Waals surface area contributed by atoms with Gasteiger partial charge in [0.1, 0.15) is 11.8 Å². The van der Waals surface area contributed by atoms with E-state index in [-0.39, 0.29) is 17.6 Å². The first-order chi connectivity index (χ1) is 12.1. The van der Waals surface area contributed by atoms with Crippen LogP contribution in [0.25, 0.3) is 0 Å². The molecule has 0 unspecified atom stereocenters. The average Bonchev–Trinajstić information content (AvgIpc) is 3.05. The fourth-order valence-corrected chi connectivity index (χ4v) is 2.66. The molecule has 1 atom stereocenters. The predicted molar refractivity (Wildman–Crippen MR) is 90.8 cm³/mol. The Kier molecular flexibility index (Phi) is 5.28. The van der Waals surface area contributed by atoms with E-state index in [0.29, 0.717) is 31.6 Å². The highest BCUT2D eigenvalue weighted by atomic mass is 19.1. The summed E-state index contributed by atoms with van der Waals surface area (Å²) in [5.41, 5.74) is 0.758. The lowest BCUT2D eigenvalue weighted by Crippen LogP contribution is -2.42. The number of nitrogens with one attached hydrogen (secondary N) is 2. The van der Waals surface area contributed by atoms with Gasteiger partial charge in [-0.05, 0) is 42.7 Å². The van der Waals surface area contributed by atoms with E-state index in [2.05, 4.69) is 10.6 Å². The Morgan fingerprint density at radius 3 is 2.72 bits per heavy atom. The molecule has 25 heavy (non-hydrogen) atoms. The number of ether oxygens (including phenoxy) is 1. The molecule has 0 radical (unpaired) electrons. The number of carbonyl (C=O) groups is 2. The van der Waals surface area contributed by atoms with Gasteiger partial charge in [-0.2, -0.15) is 0 Å². The number of hydrogen-bond acceptors (Lipinski definition) is 3. The fourth-order valence-electron chi connectivity index (χ4n) is 2.66. The van der Waals surface area contributed by atoms with Crippen molar-refractivity contribution in [1.82, 2.24) is 10.6 Å². The molecule has 5 nitrogen and oxygen atoms in total. The first-order valence-electron chi connectivity index (χ1n) is 8.20. The molecule has 130 valence electrons. The molecule has 1 heterocycles. The molecule has 2 N–H and O–H groups in total. The van der Waals surface area contributed by atoms with Crippen LogP contribution < -0.4 is 15.4 Å². The molecule has 1 aliphatic heterocycles. The smallest absolute Gasteiger partial charge is 0.242 e. The predicted octanol–water partition coefficient (Wildman–Crippen LogP) is 2.56. The summed E-state index contributed by atoms with van der Waals surface area (Å²) >= 11 is 0. The zero-order valence-corrected chi connectivity index (χ0v) is 13.6. The van der Waals surface area contributed by atoms with Crippen molar-refractivity contribution in [2.45, 2.75) is 25.3 Å². The molecule has 1 saturated heterocycles. The van der Waals surface area contributed by atoms with E-state index >= 15 is 0 Å². The van der Waals surface area contributed by atoms with Crippen LogP contribution in [0.15, 0.2) is 48.5 Å². The SMILES string of the molecule is O=C1CC[C@H](C(=O)NCCc2ccc(Oc3ccccc3)c(F)c2)N1. The van der Waals surface area contributed by atoms with Crippen LogP contribution >= 0.6 is 0 Å². The summed E-state index contributed by atoms with van der Waals surface area (Å²) < 4.78 is 19.6. The van der Waals surface area contributed by atoms with Gasteiger partial charge < -0.3 is 15.4 Å². The van der Waals surface area contributed by atoms with Gasteiger partial charge in [0.15, 0.2) is 11.6 Å². The Bertz CT molecular complexity index is 765. The number of para-hydroxylation sites is 1. The number of hydrogen-bond donors (Lipinski definition) is 2. The van der Waals surface area contributed by atoms with Crippen LogP contribution in [0.4, 0.5) is 4.39 Å². The minimum atomic E-state index is -0.453. The summed E-state index contributed by atoms with van der Waals surface area (Å²) in [7, 11) is 0. The molecule has 0 aromatic heterocycles. The Balaban J connectivity index is 1.51. The third-order valence-electron chi connectivity index (χ3n) is 3.99. The van der Waals surface area contributed by atoms with Crippen molar-refractivity contribution < 1.29 is 18.7 Å². The first-order valence-corrected chi connectivity index (χ1v) is 8.20. The van der Waals surface area contributed by atoms with Gasteiger partial charge >= 0.3 is 0 Å². The van der Waals surface area contributed by atoms with E-state index in [4.69, 9.17) is 4.74 Å². The molecular weight excluding hydrogens is 323 g/mol. The minimum Gasteiger partial charge on any atom is -0.454 e. The molecule has 1 fully saturated rings. The second-order valence-corrected chi connectivity index (χ2v) is 5.88. The van der Waals surface area contributed by atoms with E-state index in [1.165, 1.54) is 6.07 Å². The molecule has 0 saturated carbocycles. The molecule has 2 aromatic carbocycles. The molecule has 0 spiro atoms. The van der Waals surface area contributed by atoms with Gasteiger partial charge in [-0.25, -0.2) is 4.39 Å². The van der Waals surface area contributed by atoms with Crippen LogP contribution in [0.5, 0.6) is 11.5 Å². The highest BCUT2D eigenvalue weighted by molar-refractivity contribution is 5.90. The van der Waals surface area contributed by atoms with Crippen LogP contribution in [0.2, 0.25) is 0 Å². The lowest BCUT2D eigenvalue weighted by molar-refractivity contribution is -0.125. The fraction of sp³-hybridized carbons (Fsp3) is 0.263. The van der Waals surface area contributed by atoms with E-state index in [1.54, 1.807) is 24.3 Å². The molecule has 6 heteroatoms. The van der Waals surface area contributed by atoms with Gasteiger partial charge in [-0.3, -0.25) is 9.59 Å². The standard InChI is InChI=1S/C19H19FN2O3/c20-15-12-13(6-8-17(15)25-14-4-2-1-3-5-14)10-11-21-19(24)16-7-9-18(23)22-16/h1-6,8,12,16H,7,9-11H2,(H,21,24)(H,22,23)/t16-/m1/s1. The Hall–Kier alpha value is -2.89. The van der Waals surface area contributed by atoms with E-state index < -0.39 is 11.9 Å². The van der Waals surface area contributed by atoms with Crippen LogP contribution in [0.3, 0.4) is 0 Å². The minimum absolute atomic E-state index is 0.101. The van der Waals surface area contributed by atoms with Crippen molar-refractivity contribution >= 4 is 11.8 Å². The van der Waals surface area contributed by atoms with E-state index in [9.17, 15) is 14.0 Å². The van der Waals surface area contributed by atoms with Gasteiger partial charge in [-0.1, -0.05) is 24.3 Å². The number of amides is 2. The van der Waals surface area contributed by atoms with Gasteiger partial charge in [0, 0.05) is 13.0 Å². The van der Waals surface area contributed by atoms with Crippen LogP contribution in [0.1, 0.15) is 18.4 Å².